The Morgan fingerprint density at radius 2 is 1.92 bits per heavy atom. The molecule has 0 saturated heterocycles. The van der Waals surface area contributed by atoms with Crippen LogP contribution in [0, 0.1) is 0 Å². The van der Waals surface area contributed by atoms with E-state index in [2.05, 4.69) is 4.74 Å². The van der Waals surface area contributed by atoms with Gasteiger partial charge in [0.05, 0.1) is 6.10 Å². The van der Waals surface area contributed by atoms with Gasteiger partial charge in [-0.1, -0.05) is 0 Å². The second-order valence-electron chi connectivity index (χ2n) is 2.19. The third-order valence-electron chi connectivity index (χ3n) is 1.17. The van der Waals surface area contributed by atoms with Gasteiger partial charge in [0.15, 0.2) is 6.10 Å². The number of aliphatic hydroxyl groups excluding tert-OH is 1. The van der Waals surface area contributed by atoms with E-state index in [0.29, 0.717) is 0 Å². The monoisotopic (exact) mass is 178 g/mol. The number of carbonyl (C=O) groups is 2. The SMILES string of the molecule is CC(OCC(=O)O)C(O)C(=O)O. The van der Waals surface area contributed by atoms with E-state index in [-0.39, 0.29) is 0 Å². The second-order valence-corrected chi connectivity index (χ2v) is 2.19. The summed E-state index contributed by atoms with van der Waals surface area (Å²) in [6.07, 6.45) is -2.72. The van der Waals surface area contributed by atoms with Gasteiger partial charge in [0.2, 0.25) is 0 Å². The quantitative estimate of drug-likeness (QED) is 0.494. The van der Waals surface area contributed by atoms with E-state index in [4.69, 9.17) is 15.3 Å². The molecule has 0 aromatic carbocycles. The van der Waals surface area contributed by atoms with Crippen molar-refractivity contribution >= 4 is 11.9 Å². The first-order valence-electron chi connectivity index (χ1n) is 3.19. The Morgan fingerprint density at radius 1 is 1.42 bits per heavy atom. The number of rotatable bonds is 5. The van der Waals surface area contributed by atoms with Gasteiger partial charge in [-0.15, -0.1) is 0 Å². The van der Waals surface area contributed by atoms with Crippen molar-refractivity contribution in [2.24, 2.45) is 0 Å². The average Bonchev–Trinajstić information content (AvgIpc) is 1.98. The fraction of sp³-hybridized carbons (Fsp3) is 0.667. The van der Waals surface area contributed by atoms with Crippen molar-refractivity contribution in [3.05, 3.63) is 0 Å². The molecule has 12 heavy (non-hydrogen) atoms. The van der Waals surface area contributed by atoms with Crippen LogP contribution in [0.25, 0.3) is 0 Å². The number of carboxylic acid groups (broad SMARTS) is 2. The van der Waals surface area contributed by atoms with E-state index in [1.807, 2.05) is 0 Å². The highest BCUT2D eigenvalue weighted by Gasteiger charge is 2.22. The van der Waals surface area contributed by atoms with Crippen molar-refractivity contribution in [2.45, 2.75) is 19.1 Å². The Bertz CT molecular complexity index is 177. The predicted molar refractivity (Wildman–Crippen MR) is 36.7 cm³/mol. The fourth-order valence-corrected chi connectivity index (χ4v) is 0.495. The van der Waals surface area contributed by atoms with E-state index in [1.165, 1.54) is 6.92 Å². The van der Waals surface area contributed by atoms with Crippen LogP contribution in [0.3, 0.4) is 0 Å². The summed E-state index contributed by atoms with van der Waals surface area (Å²) in [6.45, 7) is 0.660. The summed E-state index contributed by atoms with van der Waals surface area (Å²) in [6, 6.07) is 0. The summed E-state index contributed by atoms with van der Waals surface area (Å²) < 4.78 is 4.50. The third kappa shape index (κ3) is 3.89. The van der Waals surface area contributed by atoms with Crippen LogP contribution in [0.4, 0.5) is 0 Å². The van der Waals surface area contributed by atoms with Gasteiger partial charge in [-0.05, 0) is 6.92 Å². The molecule has 0 saturated carbocycles. The van der Waals surface area contributed by atoms with E-state index < -0.39 is 30.8 Å². The predicted octanol–water partition coefficient (Wildman–Crippen LogP) is -1.08. The van der Waals surface area contributed by atoms with Crippen molar-refractivity contribution < 1.29 is 29.6 Å². The second kappa shape index (κ2) is 4.68. The molecular weight excluding hydrogens is 168 g/mol. The third-order valence-corrected chi connectivity index (χ3v) is 1.17. The van der Waals surface area contributed by atoms with Gasteiger partial charge >= 0.3 is 11.9 Å². The molecule has 2 atom stereocenters. The van der Waals surface area contributed by atoms with Crippen LogP contribution < -0.4 is 0 Å². The van der Waals surface area contributed by atoms with Crippen LogP contribution in [0.5, 0.6) is 0 Å². The van der Waals surface area contributed by atoms with E-state index in [9.17, 15) is 9.59 Å². The number of aliphatic carboxylic acids is 2. The highest BCUT2D eigenvalue weighted by Crippen LogP contribution is 1.98. The zero-order valence-corrected chi connectivity index (χ0v) is 6.43. The van der Waals surface area contributed by atoms with Crippen LogP contribution in [-0.2, 0) is 14.3 Å². The van der Waals surface area contributed by atoms with Gasteiger partial charge < -0.3 is 20.1 Å². The first-order chi connectivity index (χ1) is 5.45. The molecule has 0 aliphatic heterocycles. The number of ether oxygens (including phenoxy) is 1. The number of hydrogen-bond donors (Lipinski definition) is 3. The molecule has 0 bridgehead atoms. The molecule has 0 aliphatic rings. The van der Waals surface area contributed by atoms with Gasteiger partial charge in [0, 0.05) is 0 Å². The topological polar surface area (TPSA) is 104 Å². The van der Waals surface area contributed by atoms with Crippen LogP contribution >= 0.6 is 0 Å². The van der Waals surface area contributed by atoms with Crippen molar-refractivity contribution in [3.63, 3.8) is 0 Å². The fourth-order valence-electron chi connectivity index (χ4n) is 0.495. The molecule has 6 heteroatoms. The Labute approximate surface area is 68.4 Å². The highest BCUT2D eigenvalue weighted by molar-refractivity contribution is 5.72. The van der Waals surface area contributed by atoms with E-state index in [1.54, 1.807) is 0 Å². The van der Waals surface area contributed by atoms with Gasteiger partial charge in [-0.2, -0.15) is 0 Å². The molecule has 0 radical (unpaired) electrons. The summed E-state index contributed by atoms with van der Waals surface area (Å²) >= 11 is 0. The van der Waals surface area contributed by atoms with Gasteiger partial charge in [0.25, 0.3) is 0 Å². The standard InChI is InChI=1S/C6H10O6/c1-3(5(9)6(10)11)12-2-4(7)8/h3,5,9H,2H2,1H3,(H,7,8)(H,10,11). The minimum atomic E-state index is -1.69. The first-order valence-corrected chi connectivity index (χ1v) is 3.19. The molecule has 0 aromatic heterocycles. The maximum Gasteiger partial charge on any atom is 0.335 e. The molecule has 0 spiro atoms. The van der Waals surface area contributed by atoms with E-state index in [0.717, 1.165) is 0 Å². The lowest BCUT2D eigenvalue weighted by Crippen LogP contribution is -2.34. The molecule has 0 aliphatic carbocycles. The Hall–Kier alpha value is -1.14. The van der Waals surface area contributed by atoms with Crippen molar-refractivity contribution in [1.82, 2.24) is 0 Å². The summed E-state index contributed by atoms with van der Waals surface area (Å²) in [4.78, 5) is 20.1. The Kier molecular flexibility index (Phi) is 4.24. The molecular formula is C6H10O6. The average molecular weight is 178 g/mol. The van der Waals surface area contributed by atoms with Crippen molar-refractivity contribution in [3.8, 4) is 0 Å². The van der Waals surface area contributed by atoms with Gasteiger partial charge in [-0.25, -0.2) is 9.59 Å². The maximum atomic E-state index is 10.1. The van der Waals surface area contributed by atoms with Gasteiger partial charge in [-0.3, -0.25) is 0 Å². The van der Waals surface area contributed by atoms with Gasteiger partial charge in [0.1, 0.15) is 6.61 Å². The normalized spacial score (nSPS) is 15.2. The highest BCUT2D eigenvalue weighted by atomic mass is 16.5. The summed E-state index contributed by atoms with van der Waals surface area (Å²) in [5.74, 6) is -2.65. The summed E-state index contributed by atoms with van der Waals surface area (Å²) in [5, 5.41) is 25.2. The number of hydrogen-bond acceptors (Lipinski definition) is 4. The zero-order chi connectivity index (χ0) is 9.72. The summed E-state index contributed by atoms with van der Waals surface area (Å²) in [5.41, 5.74) is 0. The molecule has 0 amide bonds. The molecule has 0 aromatic rings. The lowest BCUT2D eigenvalue weighted by atomic mass is 10.2. The van der Waals surface area contributed by atoms with Crippen LogP contribution in [0.15, 0.2) is 0 Å². The van der Waals surface area contributed by atoms with Crippen LogP contribution in [-0.4, -0.2) is 46.1 Å². The minimum Gasteiger partial charge on any atom is -0.480 e. The lowest BCUT2D eigenvalue weighted by Gasteiger charge is -2.13. The molecule has 0 fully saturated rings. The van der Waals surface area contributed by atoms with E-state index >= 15 is 0 Å². The molecule has 0 rings (SSSR count). The van der Waals surface area contributed by atoms with Crippen molar-refractivity contribution in [2.75, 3.05) is 6.61 Å². The smallest absolute Gasteiger partial charge is 0.335 e. The Morgan fingerprint density at radius 3 is 2.25 bits per heavy atom. The number of carboxylic acids is 2. The van der Waals surface area contributed by atoms with Crippen molar-refractivity contribution in [1.29, 1.82) is 0 Å². The maximum absolute atomic E-state index is 10.1. The first kappa shape index (κ1) is 10.9. The minimum absolute atomic E-state index is 0.620. The number of aliphatic hydroxyl groups is 1. The molecule has 0 heterocycles. The molecule has 2 unspecified atom stereocenters. The largest absolute Gasteiger partial charge is 0.480 e. The molecule has 70 valence electrons. The lowest BCUT2D eigenvalue weighted by molar-refractivity contribution is -0.159. The summed E-state index contributed by atoms with van der Waals surface area (Å²) in [7, 11) is 0. The molecule has 6 nitrogen and oxygen atoms in total. The van der Waals surface area contributed by atoms with Crippen LogP contribution in [0.1, 0.15) is 6.92 Å². The Balaban J connectivity index is 3.79. The molecule has 3 N–H and O–H groups in total. The zero-order valence-electron chi connectivity index (χ0n) is 6.43. The van der Waals surface area contributed by atoms with Crippen LogP contribution in [0.2, 0.25) is 0 Å².